The van der Waals surface area contributed by atoms with E-state index in [1.807, 2.05) is 6.07 Å². The molecule has 0 aromatic heterocycles. The summed E-state index contributed by atoms with van der Waals surface area (Å²) in [5.74, 6) is 0.0747. The fourth-order valence-electron chi connectivity index (χ4n) is 4.37. The third-order valence-electron chi connectivity index (χ3n) is 5.82. The normalized spacial score (nSPS) is 29.1. The van der Waals surface area contributed by atoms with E-state index in [0.717, 1.165) is 19.3 Å². The molecule has 2 unspecified atom stereocenters. The number of carboxylic acids is 1. The first-order valence-electron chi connectivity index (χ1n) is 9.45. The van der Waals surface area contributed by atoms with Crippen molar-refractivity contribution in [3.8, 4) is 0 Å². The third kappa shape index (κ3) is 4.74. The number of carboxylic acid groups (broad SMARTS) is 1. The molecule has 2 aliphatic carbocycles. The number of benzene rings is 1. The number of aliphatic carboxylic acids is 1. The fraction of sp³-hybridized carbons (Fsp3) is 0.600. The van der Waals surface area contributed by atoms with Gasteiger partial charge in [-0.3, -0.25) is 4.79 Å². The summed E-state index contributed by atoms with van der Waals surface area (Å²) in [6.07, 6.45) is 6.37. The zero-order valence-electron chi connectivity index (χ0n) is 14.6. The average Bonchev–Trinajstić information content (AvgIpc) is 3.10. The molecular weight excluding hydrogens is 316 g/mol. The zero-order valence-corrected chi connectivity index (χ0v) is 14.6. The van der Waals surface area contributed by atoms with E-state index in [2.05, 4.69) is 34.9 Å². The van der Waals surface area contributed by atoms with Crippen molar-refractivity contribution < 1.29 is 14.7 Å². The lowest BCUT2D eigenvalue weighted by molar-refractivity contribution is -0.142. The molecule has 5 heteroatoms. The zero-order chi connectivity index (χ0) is 17.6. The maximum atomic E-state index is 12.2. The molecule has 136 valence electrons. The van der Waals surface area contributed by atoms with Crippen LogP contribution in [0.3, 0.4) is 0 Å². The van der Waals surface area contributed by atoms with Crippen LogP contribution in [0.25, 0.3) is 0 Å². The summed E-state index contributed by atoms with van der Waals surface area (Å²) in [5.41, 5.74) is 1.37. The molecule has 3 rings (SSSR count). The molecule has 2 amide bonds. The lowest BCUT2D eigenvalue weighted by Crippen LogP contribution is -2.45. The van der Waals surface area contributed by atoms with Crippen LogP contribution in [0.1, 0.15) is 56.4 Å². The van der Waals surface area contributed by atoms with Crippen LogP contribution >= 0.6 is 0 Å². The molecule has 0 radical (unpaired) electrons. The molecule has 25 heavy (non-hydrogen) atoms. The van der Waals surface area contributed by atoms with Crippen molar-refractivity contribution in [2.45, 2.75) is 56.9 Å². The second-order valence-corrected chi connectivity index (χ2v) is 7.45. The Labute approximate surface area is 149 Å². The molecule has 1 aromatic carbocycles. The number of hydrogen-bond acceptors (Lipinski definition) is 2. The molecule has 2 atom stereocenters. The van der Waals surface area contributed by atoms with Gasteiger partial charge in [0, 0.05) is 12.6 Å². The monoisotopic (exact) mass is 344 g/mol. The maximum Gasteiger partial charge on any atom is 0.315 e. The second kappa shape index (κ2) is 8.37. The summed E-state index contributed by atoms with van der Waals surface area (Å²) >= 11 is 0. The molecule has 0 spiro atoms. The number of carbonyl (C=O) groups is 2. The fourth-order valence-corrected chi connectivity index (χ4v) is 4.37. The van der Waals surface area contributed by atoms with Crippen LogP contribution < -0.4 is 10.6 Å². The van der Waals surface area contributed by atoms with Crippen molar-refractivity contribution in [2.24, 2.45) is 11.8 Å². The van der Waals surface area contributed by atoms with E-state index in [-0.39, 0.29) is 18.0 Å². The number of amides is 2. The van der Waals surface area contributed by atoms with Gasteiger partial charge in [-0.05, 0) is 55.9 Å². The Morgan fingerprint density at radius 3 is 2.40 bits per heavy atom. The van der Waals surface area contributed by atoms with Crippen molar-refractivity contribution in [3.05, 3.63) is 35.9 Å². The quantitative estimate of drug-likeness (QED) is 0.765. The second-order valence-electron chi connectivity index (χ2n) is 7.45. The van der Waals surface area contributed by atoms with Crippen molar-refractivity contribution in [1.29, 1.82) is 0 Å². The molecule has 5 nitrogen and oxygen atoms in total. The summed E-state index contributed by atoms with van der Waals surface area (Å²) in [6.45, 7) is 0.704. The van der Waals surface area contributed by atoms with Crippen molar-refractivity contribution in [2.75, 3.05) is 6.54 Å². The highest BCUT2D eigenvalue weighted by molar-refractivity contribution is 5.74. The summed E-state index contributed by atoms with van der Waals surface area (Å²) in [5, 5.41) is 15.1. The van der Waals surface area contributed by atoms with E-state index < -0.39 is 5.97 Å². The highest BCUT2D eigenvalue weighted by atomic mass is 16.4. The molecule has 0 bridgehead atoms. The van der Waals surface area contributed by atoms with Gasteiger partial charge in [0.1, 0.15) is 0 Å². The lowest BCUT2D eigenvalue weighted by Gasteiger charge is -2.27. The van der Waals surface area contributed by atoms with Crippen molar-refractivity contribution >= 4 is 12.0 Å². The largest absolute Gasteiger partial charge is 0.481 e. The minimum absolute atomic E-state index is 0.101. The molecule has 0 saturated heterocycles. The van der Waals surface area contributed by atoms with Gasteiger partial charge in [-0.25, -0.2) is 4.79 Å². The van der Waals surface area contributed by atoms with E-state index in [1.54, 1.807) is 0 Å². The Balaban J connectivity index is 1.42. The summed E-state index contributed by atoms with van der Waals surface area (Å²) in [4.78, 5) is 23.2. The van der Waals surface area contributed by atoms with E-state index in [9.17, 15) is 9.59 Å². The van der Waals surface area contributed by atoms with E-state index in [4.69, 9.17) is 5.11 Å². The molecule has 0 heterocycles. The van der Waals surface area contributed by atoms with E-state index >= 15 is 0 Å². The molecule has 0 aliphatic heterocycles. The molecule has 3 N–H and O–H groups in total. The van der Waals surface area contributed by atoms with Gasteiger partial charge in [0.15, 0.2) is 0 Å². The first-order valence-corrected chi connectivity index (χ1v) is 9.45. The lowest BCUT2D eigenvalue weighted by atomic mass is 9.86. The Morgan fingerprint density at radius 2 is 1.72 bits per heavy atom. The van der Waals surface area contributed by atoms with Gasteiger partial charge in [0.05, 0.1) is 5.92 Å². The number of urea groups is 1. The molecule has 2 saturated carbocycles. The van der Waals surface area contributed by atoms with Crippen molar-refractivity contribution in [3.63, 3.8) is 0 Å². The third-order valence-corrected chi connectivity index (χ3v) is 5.82. The standard InChI is InChI=1S/C20H28N2O3/c23-19(24)15-9-11-17(12-10-15)22-20(25)21-13-16-7-4-8-18(16)14-5-2-1-3-6-14/h1-3,5-6,15-18H,4,7-13H2,(H,23,24)(H2,21,22,25). The molecule has 2 aliphatic rings. The first kappa shape index (κ1) is 17.8. The Morgan fingerprint density at radius 1 is 1.00 bits per heavy atom. The number of hydrogen-bond donors (Lipinski definition) is 3. The van der Waals surface area contributed by atoms with Gasteiger partial charge in [-0.2, -0.15) is 0 Å². The molecule has 1 aromatic rings. The van der Waals surface area contributed by atoms with Gasteiger partial charge in [-0.1, -0.05) is 36.8 Å². The number of carbonyl (C=O) groups excluding carboxylic acids is 1. The summed E-state index contributed by atoms with van der Waals surface area (Å²) < 4.78 is 0. The van der Waals surface area contributed by atoms with Gasteiger partial charge in [-0.15, -0.1) is 0 Å². The Kier molecular flexibility index (Phi) is 5.95. The average molecular weight is 344 g/mol. The van der Waals surface area contributed by atoms with Crippen LogP contribution in [0.4, 0.5) is 4.79 Å². The maximum absolute atomic E-state index is 12.2. The van der Waals surface area contributed by atoms with Gasteiger partial charge in [0.2, 0.25) is 0 Å². The van der Waals surface area contributed by atoms with Gasteiger partial charge in [0.25, 0.3) is 0 Å². The van der Waals surface area contributed by atoms with Crippen LogP contribution in [0.15, 0.2) is 30.3 Å². The van der Waals surface area contributed by atoms with Crippen LogP contribution in [-0.4, -0.2) is 29.7 Å². The van der Waals surface area contributed by atoms with E-state index in [0.29, 0.717) is 31.2 Å². The Bertz CT molecular complexity index is 582. The summed E-state index contributed by atoms with van der Waals surface area (Å²) in [7, 11) is 0. The predicted octanol–water partition coefficient (Wildman–Crippen LogP) is 3.51. The predicted molar refractivity (Wildman–Crippen MR) is 96.4 cm³/mol. The Hall–Kier alpha value is -2.04. The minimum atomic E-state index is -0.712. The highest BCUT2D eigenvalue weighted by Crippen LogP contribution is 2.39. The van der Waals surface area contributed by atoms with Crippen LogP contribution in [-0.2, 0) is 4.79 Å². The van der Waals surface area contributed by atoms with Crippen LogP contribution in [0, 0.1) is 11.8 Å². The van der Waals surface area contributed by atoms with Crippen LogP contribution in [0.2, 0.25) is 0 Å². The minimum Gasteiger partial charge on any atom is -0.481 e. The number of rotatable bonds is 5. The van der Waals surface area contributed by atoms with Gasteiger partial charge >= 0.3 is 12.0 Å². The highest BCUT2D eigenvalue weighted by Gasteiger charge is 2.29. The molecular formula is C20H28N2O3. The van der Waals surface area contributed by atoms with E-state index in [1.165, 1.54) is 18.4 Å². The van der Waals surface area contributed by atoms with Gasteiger partial charge < -0.3 is 15.7 Å². The topological polar surface area (TPSA) is 78.4 Å². The SMILES string of the molecule is O=C(NCC1CCCC1c1ccccc1)NC1CCC(C(=O)O)CC1. The van der Waals surface area contributed by atoms with Crippen LogP contribution in [0.5, 0.6) is 0 Å². The molecule has 2 fully saturated rings. The van der Waals surface area contributed by atoms with Crippen molar-refractivity contribution in [1.82, 2.24) is 10.6 Å². The summed E-state index contributed by atoms with van der Waals surface area (Å²) in [6, 6.07) is 10.6. The smallest absolute Gasteiger partial charge is 0.315 e. The first-order chi connectivity index (χ1) is 12.1. The number of nitrogens with one attached hydrogen (secondary N) is 2.